The van der Waals surface area contributed by atoms with Gasteiger partial charge in [-0.1, -0.05) is 6.07 Å². The van der Waals surface area contributed by atoms with E-state index in [-0.39, 0.29) is 5.91 Å². The van der Waals surface area contributed by atoms with Gasteiger partial charge in [0.2, 0.25) is 0 Å². The number of hydrogen-bond acceptors (Lipinski definition) is 4. The van der Waals surface area contributed by atoms with Crippen LogP contribution in [0.2, 0.25) is 0 Å². The normalized spacial score (nSPS) is 14.3. The fraction of sp³-hybridized carbons (Fsp3) is 0.444. The van der Waals surface area contributed by atoms with Crippen molar-refractivity contribution < 1.29 is 9.21 Å². The van der Waals surface area contributed by atoms with E-state index in [0.29, 0.717) is 17.9 Å². The minimum atomic E-state index is -0.0968. The highest BCUT2D eigenvalue weighted by molar-refractivity contribution is 5.96. The number of amides is 1. The quantitative estimate of drug-likeness (QED) is 0.942. The number of nitrogens with one attached hydrogen (secondary N) is 1. The summed E-state index contributed by atoms with van der Waals surface area (Å²) in [6.07, 6.45) is 4.32. The monoisotopic (exact) mass is 313 g/mol. The molecule has 1 N–H and O–H groups in total. The van der Waals surface area contributed by atoms with Crippen LogP contribution in [-0.2, 0) is 6.54 Å². The average Bonchev–Trinajstić information content (AvgIpc) is 3.15. The van der Waals surface area contributed by atoms with Gasteiger partial charge in [-0.2, -0.15) is 0 Å². The number of carbonyl (C=O) groups is 1. The molecule has 0 spiro atoms. The Hall–Kier alpha value is -2.30. The molecule has 0 aromatic carbocycles. The van der Waals surface area contributed by atoms with Crippen molar-refractivity contribution in [1.82, 2.24) is 10.3 Å². The number of aromatic nitrogens is 1. The van der Waals surface area contributed by atoms with Gasteiger partial charge in [0.1, 0.15) is 17.3 Å². The zero-order valence-corrected chi connectivity index (χ0v) is 14.0. The summed E-state index contributed by atoms with van der Waals surface area (Å²) in [4.78, 5) is 19.2. The molecule has 2 aromatic rings. The van der Waals surface area contributed by atoms with Gasteiger partial charge >= 0.3 is 0 Å². The third-order valence-electron chi connectivity index (χ3n) is 4.48. The van der Waals surface area contributed by atoms with Crippen LogP contribution in [-0.4, -0.2) is 24.0 Å². The molecule has 0 aliphatic carbocycles. The Morgan fingerprint density at radius 2 is 1.96 bits per heavy atom. The van der Waals surface area contributed by atoms with Gasteiger partial charge < -0.3 is 14.6 Å². The molecule has 3 rings (SSSR count). The van der Waals surface area contributed by atoms with Gasteiger partial charge in [0, 0.05) is 31.4 Å². The summed E-state index contributed by atoms with van der Waals surface area (Å²) in [7, 11) is 0. The standard InChI is InChI=1S/C18H23N3O2/c1-12-13(2)23-14(3)17(12)18(22)20-11-15-6-7-16(19-10-15)21-8-4-5-9-21/h6-7,10H,4-5,8-9,11H2,1-3H3,(H,20,22). The lowest BCUT2D eigenvalue weighted by molar-refractivity contribution is 0.0949. The molecule has 1 aliphatic heterocycles. The first-order valence-electron chi connectivity index (χ1n) is 8.11. The second kappa shape index (κ2) is 6.44. The number of rotatable bonds is 4. The van der Waals surface area contributed by atoms with Crippen molar-refractivity contribution >= 4 is 11.7 Å². The molecule has 0 saturated carbocycles. The third kappa shape index (κ3) is 3.23. The molecule has 5 heteroatoms. The van der Waals surface area contributed by atoms with Gasteiger partial charge in [0.15, 0.2) is 0 Å². The molecule has 122 valence electrons. The SMILES string of the molecule is Cc1oc(C)c(C(=O)NCc2ccc(N3CCCC3)nc2)c1C. The van der Waals surface area contributed by atoms with Crippen molar-refractivity contribution in [3.8, 4) is 0 Å². The number of pyridine rings is 1. The fourth-order valence-electron chi connectivity index (χ4n) is 3.05. The summed E-state index contributed by atoms with van der Waals surface area (Å²) in [5.74, 6) is 2.39. The third-order valence-corrected chi connectivity index (χ3v) is 4.48. The minimum Gasteiger partial charge on any atom is -0.466 e. The lowest BCUT2D eigenvalue weighted by Crippen LogP contribution is -2.24. The van der Waals surface area contributed by atoms with Crippen molar-refractivity contribution in [3.05, 3.63) is 46.5 Å². The Kier molecular flexibility index (Phi) is 4.37. The Bertz CT molecular complexity index is 698. The maximum Gasteiger partial charge on any atom is 0.255 e. The Labute approximate surface area is 136 Å². The van der Waals surface area contributed by atoms with Gasteiger partial charge in [-0.05, 0) is 45.2 Å². The van der Waals surface area contributed by atoms with Crippen LogP contribution >= 0.6 is 0 Å². The molecular weight excluding hydrogens is 290 g/mol. The summed E-state index contributed by atoms with van der Waals surface area (Å²) in [6.45, 7) is 8.24. The zero-order chi connectivity index (χ0) is 16.4. The summed E-state index contributed by atoms with van der Waals surface area (Å²) < 4.78 is 5.51. The molecule has 3 heterocycles. The van der Waals surface area contributed by atoms with Gasteiger partial charge in [-0.15, -0.1) is 0 Å². The highest BCUT2D eigenvalue weighted by Gasteiger charge is 2.18. The molecule has 23 heavy (non-hydrogen) atoms. The van der Waals surface area contributed by atoms with Crippen LogP contribution in [0.25, 0.3) is 0 Å². The minimum absolute atomic E-state index is 0.0968. The van der Waals surface area contributed by atoms with E-state index in [0.717, 1.165) is 35.8 Å². The molecule has 0 bridgehead atoms. The summed E-state index contributed by atoms with van der Waals surface area (Å²) in [5.41, 5.74) is 2.54. The fourth-order valence-corrected chi connectivity index (χ4v) is 3.05. The van der Waals surface area contributed by atoms with Gasteiger partial charge in [0.25, 0.3) is 5.91 Å². The van der Waals surface area contributed by atoms with E-state index in [4.69, 9.17) is 4.42 Å². The van der Waals surface area contributed by atoms with Crippen molar-refractivity contribution in [2.75, 3.05) is 18.0 Å². The Morgan fingerprint density at radius 3 is 2.52 bits per heavy atom. The van der Waals surface area contributed by atoms with Crippen LogP contribution in [0, 0.1) is 20.8 Å². The van der Waals surface area contributed by atoms with E-state index < -0.39 is 0 Å². The zero-order valence-electron chi connectivity index (χ0n) is 14.0. The van der Waals surface area contributed by atoms with Gasteiger partial charge in [-0.25, -0.2) is 4.98 Å². The smallest absolute Gasteiger partial charge is 0.255 e. The number of anilines is 1. The van der Waals surface area contributed by atoms with Crippen molar-refractivity contribution in [1.29, 1.82) is 0 Å². The number of carbonyl (C=O) groups excluding carboxylic acids is 1. The largest absolute Gasteiger partial charge is 0.466 e. The van der Waals surface area contributed by atoms with Crippen LogP contribution < -0.4 is 10.2 Å². The molecule has 1 aliphatic rings. The van der Waals surface area contributed by atoms with Crippen molar-refractivity contribution in [2.45, 2.75) is 40.2 Å². The summed E-state index contributed by atoms with van der Waals surface area (Å²) in [5, 5.41) is 2.95. The van der Waals surface area contributed by atoms with Crippen LogP contribution in [0.1, 0.15) is 45.8 Å². The number of hydrogen-bond donors (Lipinski definition) is 1. The first-order valence-corrected chi connectivity index (χ1v) is 8.11. The molecule has 1 amide bonds. The summed E-state index contributed by atoms with van der Waals surface area (Å²) >= 11 is 0. The summed E-state index contributed by atoms with van der Waals surface area (Å²) in [6, 6.07) is 4.06. The Morgan fingerprint density at radius 1 is 1.22 bits per heavy atom. The maximum absolute atomic E-state index is 12.3. The Balaban J connectivity index is 1.62. The number of furan rings is 1. The topological polar surface area (TPSA) is 58.4 Å². The predicted octanol–water partition coefficient (Wildman–Crippen LogP) is 3.13. The lowest BCUT2D eigenvalue weighted by Gasteiger charge is -2.16. The molecule has 2 aromatic heterocycles. The van der Waals surface area contributed by atoms with Crippen LogP contribution in [0.15, 0.2) is 22.7 Å². The number of nitrogens with zero attached hydrogens (tertiary/aromatic N) is 2. The molecule has 0 atom stereocenters. The maximum atomic E-state index is 12.3. The van der Waals surface area contributed by atoms with E-state index in [1.165, 1.54) is 12.8 Å². The van der Waals surface area contributed by atoms with Crippen LogP contribution in [0.4, 0.5) is 5.82 Å². The second-order valence-electron chi connectivity index (χ2n) is 6.12. The van der Waals surface area contributed by atoms with Gasteiger partial charge in [0.05, 0.1) is 5.56 Å². The molecule has 1 saturated heterocycles. The second-order valence-corrected chi connectivity index (χ2v) is 6.12. The van der Waals surface area contributed by atoms with Crippen molar-refractivity contribution in [3.63, 3.8) is 0 Å². The molecule has 0 unspecified atom stereocenters. The van der Waals surface area contributed by atoms with Crippen LogP contribution in [0.3, 0.4) is 0 Å². The van der Waals surface area contributed by atoms with E-state index in [9.17, 15) is 4.79 Å². The first-order chi connectivity index (χ1) is 11.1. The molecule has 1 fully saturated rings. The van der Waals surface area contributed by atoms with E-state index in [2.05, 4.69) is 15.2 Å². The molecule has 0 radical (unpaired) electrons. The van der Waals surface area contributed by atoms with Gasteiger partial charge in [-0.3, -0.25) is 4.79 Å². The average molecular weight is 313 g/mol. The highest BCUT2D eigenvalue weighted by Crippen LogP contribution is 2.21. The molecule has 5 nitrogen and oxygen atoms in total. The predicted molar refractivity (Wildman–Crippen MR) is 89.8 cm³/mol. The van der Waals surface area contributed by atoms with Crippen LogP contribution in [0.5, 0.6) is 0 Å². The highest BCUT2D eigenvalue weighted by atomic mass is 16.3. The lowest BCUT2D eigenvalue weighted by atomic mass is 10.1. The molecular formula is C18H23N3O2. The first kappa shape index (κ1) is 15.6. The van der Waals surface area contributed by atoms with E-state index in [1.54, 1.807) is 0 Å². The van der Waals surface area contributed by atoms with E-state index >= 15 is 0 Å². The number of aryl methyl sites for hydroxylation is 2. The van der Waals surface area contributed by atoms with E-state index in [1.807, 2.05) is 39.1 Å². The van der Waals surface area contributed by atoms with Crippen molar-refractivity contribution in [2.24, 2.45) is 0 Å².